The molecule has 21 heavy (non-hydrogen) atoms. The van der Waals surface area contributed by atoms with Crippen molar-refractivity contribution in [1.29, 1.82) is 0 Å². The Morgan fingerprint density at radius 3 is 2.33 bits per heavy atom. The Morgan fingerprint density at radius 1 is 1.14 bits per heavy atom. The van der Waals surface area contributed by atoms with Crippen LogP contribution in [0.15, 0.2) is 24.3 Å². The third kappa shape index (κ3) is 1.44. The fourth-order valence-electron chi connectivity index (χ4n) is 4.58. The lowest BCUT2D eigenvalue weighted by molar-refractivity contribution is -0.127. The van der Waals surface area contributed by atoms with E-state index in [4.69, 9.17) is 17.2 Å². The molecule has 2 N–H and O–H groups in total. The smallest absolute Gasteiger partial charge is 0.283 e. The van der Waals surface area contributed by atoms with Gasteiger partial charge in [-0.25, -0.2) is 0 Å². The molecule has 1 heterocycles. The second-order valence-corrected chi connectivity index (χ2v) is 8.51. The summed E-state index contributed by atoms with van der Waals surface area (Å²) in [4.78, 5) is 13.0. The minimum Gasteiger partial charge on any atom is -0.316 e. The zero-order valence-electron chi connectivity index (χ0n) is 13.5. The molecule has 0 bridgehead atoms. The normalized spacial score (nSPS) is 36.1. The first-order valence-electron chi connectivity index (χ1n) is 7.57. The molecule has 1 aromatic rings. The van der Waals surface area contributed by atoms with Crippen molar-refractivity contribution < 1.29 is 4.79 Å². The maximum absolute atomic E-state index is 13.0. The molecule has 0 amide bonds. The van der Waals surface area contributed by atoms with Crippen LogP contribution in [0.1, 0.15) is 12.0 Å². The van der Waals surface area contributed by atoms with Gasteiger partial charge in [0.15, 0.2) is 5.78 Å². The minimum atomic E-state index is -0.991. The molecular weight excluding hydrogens is 274 g/mol. The summed E-state index contributed by atoms with van der Waals surface area (Å²) in [5.41, 5.74) is 7.75. The van der Waals surface area contributed by atoms with Gasteiger partial charge in [-0.05, 0) is 17.2 Å². The van der Waals surface area contributed by atoms with Gasteiger partial charge in [-0.3, -0.25) is 4.79 Å². The van der Waals surface area contributed by atoms with Crippen LogP contribution in [-0.4, -0.2) is 51.1 Å². The largest absolute Gasteiger partial charge is 0.316 e. The van der Waals surface area contributed by atoms with Crippen LogP contribution in [0, 0.1) is 0 Å². The first-order valence-corrected chi connectivity index (χ1v) is 8.01. The number of ketones is 1. The molecule has 2 atom stereocenters. The van der Waals surface area contributed by atoms with E-state index in [1.165, 1.54) is 0 Å². The molecule has 1 aromatic carbocycles. The lowest BCUT2D eigenvalue weighted by Gasteiger charge is -2.64. The molecule has 1 saturated carbocycles. The van der Waals surface area contributed by atoms with E-state index in [2.05, 4.69) is 39.2 Å². The molecule has 1 fully saturated rings. The summed E-state index contributed by atoms with van der Waals surface area (Å²) in [5.74, 6) is 0.116. The maximum Gasteiger partial charge on any atom is 0.283 e. The van der Waals surface area contributed by atoms with Gasteiger partial charge in [0.1, 0.15) is 7.85 Å². The zero-order valence-corrected chi connectivity index (χ0v) is 14.2. The van der Waals surface area contributed by atoms with Gasteiger partial charge in [0, 0.05) is 0 Å². The van der Waals surface area contributed by atoms with E-state index in [0.29, 0.717) is 6.42 Å². The number of nitrogens with two attached hydrogens (primary N) is 1. The van der Waals surface area contributed by atoms with E-state index in [1.807, 2.05) is 24.3 Å². The van der Waals surface area contributed by atoms with Crippen molar-refractivity contribution in [1.82, 2.24) is 0 Å². The Labute approximate surface area is 136 Å². The van der Waals surface area contributed by atoms with Crippen LogP contribution < -0.4 is 11.2 Å². The van der Waals surface area contributed by atoms with Crippen molar-refractivity contribution in [3.63, 3.8) is 0 Å². The average Bonchev–Trinajstić information content (AvgIpc) is 2.59. The van der Waals surface area contributed by atoms with Crippen molar-refractivity contribution in [2.24, 2.45) is 5.73 Å². The van der Waals surface area contributed by atoms with E-state index >= 15 is 0 Å². The molecule has 1 aliphatic heterocycles. The van der Waals surface area contributed by atoms with E-state index < -0.39 is 10.8 Å². The van der Waals surface area contributed by atoms with E-state index in [9.17, 15) is 4.79 Å². The number of Topliss-reactive ketones (excluding diaryl/α,β-unsaturated/α-hetero) is 1. The first kappa shape index (κ1) is 15.4. The predicted molar refractivity (Wildman–Crippen MR) is 104 cm³/mol. The van der Waals surface area contributed by atoms with Crippen molar-refractivity contribution in [3.05, 3.63) is 29.8 Å². The number of carbonyl (C=O) groups excluding carboxylic acids is 1. The number of halogens is 1. The number of rotatable bonds is 0. The highest BCUT2D eigenvalue weighted by atomic mass is 35.5. The van der Waals surface area contributed by atoms with E-state index in [1.54, 1.807) is 0 Å². The van der Waals surface area contributed by atoms with Gasteiger partial charge in [0.2, 0.25) is 0 Å². The summed E-state index contributed by atoms with van der Waals surface area (Å²) >= 11 is 6.89. The minimum absolute atomic E-state index is 0.116. The molecule has 0 aromatic heterocycles. The second kappa shape index (κ2) is 4.08. The summed E-state index contributed by atoms with van der Waals surface area (Å²) in [6.45, 7) is 0. The molecule has 2 unspecified atom stereocenters. The van der Waals surface area contributed by atoms with E-state index in [-0.39, 0.29) is 22.3 Å². The summed E-state index contributed by atoms with van der Waals surface area (Å²) < 4.78 is 0. The van der Waals surface area contributed by atoms with Crippen LogP contribution in [0.4, 0.5) is 0 Å². The number of hydrogen-bond acceptors (Lipinski definition) is 2. The monoisotopic (exact) mass is 293 g/mol. The lowest BCUT2D eigenvalue weighted by Crippen LogP contribution is -2.67. The Bertz CT molecular complexity index is 652. The summed E-state index contributed by atoms with van der Waals surface area (Å²) in [6, 6.07) is 7.91. The highest BCUT2D eigenvalue weighted by Gasteiger charge is 2.73. The summed E-state index contributed by atoms with van der Waals surface area (Å²) in [7, 11) is 10.8. The van der Waals surface area contributed by atoms with Crippen LogP contribution >= 0.6 is 11.5 Å². The molecule has 3 rings (SSSR count). The Kier molecular flexibility index (Phi) is 3.00. The van der Waals surface area contributed by atoms with Crippen LogP contribution in [0.2, 0.25) is 15.6 Å². The zero-order chi connectivity index (χ0) is 15.8. The van der Waals surface area contributed by atoms with Gasteiger partial charge >= 0.3 is 0 Å². The highest BCUT2D eigenvalue weighted by Crippen LogP contribution is 2.72. The summed E-state index contributed by atoms with van der Waals surface area (Å²) in [6.07, 6.45) is 0.238. The molecular formula is C12H18B6ClNO. The second-order valence-electron chi connectivity index (χ2n) is 8.07. The first-order chi connectivity index (χ1) is 9.52. The molecule has 1 aliphatic carbocycles. The summed E-state index contributed by atoms with van der Waals surface area (Å²) in [5, 5.41) is -0.824. The predicted octanol–water partition coefficient (Wildman–Crippen LogP) is -3.64. The maximum atomic E-state index is 13.0. The molecule has 2 aliphatic rings. The number of carbonyl (C=O) groups is 1. The Balaban J connectivity index is 2.37. The van der Waals surface area contributed by atoms with Crippen molar-refractivity contribution in [3.8, 4) is 0 Å². The van der Waals surface area contributed by atoms with E-state index in [0.717, 1.165) is 11.0 Å². The van der Waals surface area contributed by atoms with Crippen LogP contribution in [0.25, 0.3) is 0 Å². The number of fused-ring (bicyclic) bond motifs is 3. The van der Waals surface area contributed by atoms with Gasteiger partial charge in [-0.1, -0.05) is 40.2 Å². The standard InChI is InChI=1S/C12H18B6ClNO/c13-9(14)5-8(21)10(20)6-3-1-2-4-7(6)18(19)12(10,17)11(9,15)16/h1-4H,5,13-17,20H2. The van der Waals surface area contributed by atoms with Gasteiger partial charge in [-0.15, -0.1) is 0 Å². The van der Waals surface area contributed by atoms with Crippen LogP contribution in [0.5, 0.6) is 0 Å². The Morgan fingerprint density at radius 2 is 1.71 bits per heavy atom. The Hall–Kier alpha value is -0.470. The fourth-order valence-corrected chi connectivity index (χ4v) is 5.22. The fraction of sp³-hybridized carbons (Fsp3) is 0.417. The van der Waals surface area contributed by atoms with Crippen LogP contribution in [-0.2, 0) is 10.3 Å². The number of benzene rings is 1. The molecule has 102 valence electrons. The lowest BCUT2D eigenvalue weighted by atomic mass is 9.10. The van der Waals surface area contributed by atoms with Gasteiger partial charge < -0.3 is 5.73 Å². The molecule has 0 radical (unpaired) electrons. The molecule has 9 heteroatoms. The van der Waals surface area contributed by atoms with Crippen molar-refractivity contribution in [2.75, 3.05) is 0 Å². The highest BCUT2D eigenvalue weighted by molar-refractivity contribution is 7.20. The quantitative estimate of drug-likeness (QED) is 0.502. The third-order valence-corrected chi connectivity index (χ3v) is 7.69. The number of hydrogen-bond donors (Lipinski definition) is 1. The van der Waals surface area contributed by atoms with Gasteiger partial charge in [0.25, 0.3) is 6.13 Å². The average molecular weight is 293 g/mol. The van der Waals surface area contributed by atoms with Crippen LogP contribution in [0.3, 0.4) is 0 Å². The third-order valence-electron chi connectivity index (χ3n) is 7.02. The SMILES string of the molecule is BC1(B)CC(=O)C2(N)c3ccccc3B(Cl)C2(B)C1(B)B. The molecule has 0 spiro atoms. The van der Waals surface area contributed by atoms with Gasteiger partial charge in [0.05, 0.1) is 36.9 Å². The van der Waals surface area contributed by atoms with Crippen molar-refractivity contribution in [2.45, 2.75) is 27.6 Å². The van der Waals surface area contributed by atoms with Crippen molar-refractivity contribution >= 4 is 68.1 Å². The molecule has 2 nitrogen and oxygen atoms in total. The molecule has 0 saturated heterocycles. The topological polar surface area (TPSA) is 43.1 Å². The van der Waals surface area contributed by atoms with Gasteiger partial charge in [-0.2, -0.15) is 11.5 Å².